The van der Waals surface area contributed by atoms with Gasteiger partial charge < -0.3 is 16.0 Å². The van der Waals surface area contributed by atoms with Gasteiger partial charge in [0, 0.05) is 18.4 Å². The van der Waals surface area contributed by atoms with E-state index in [-0.39, 0.29) is 12.1 Å². The lowest BCUT2D eigenvalue weighted by molar-refractivity contribution is 0.252. The second-order valence-electron chi connectivity index (χ2n) is 7.57. The van der Waals surface area contributed by atoms with Crippen molar-refractivity contribution in [3.05, 3.63) is 72.7 Å². The van der Waals surface area contributed by atoms with Gasteiger partial charge in [-0.3, -0.25) is 4.57 Å². The van der Waals surface area contributed by atoms with E-state index in [1.807, 2.05) is 47.0 Å². The Morgan fingerprint density at radius 3 is 2.75 bits per heavy atom. The van der Waals surface area contributed by atoms with Crippen molar-refractivity contribution in [2.24, 2.45) is 0 Å². The van der Waals surface area contributed by atoms with Crippen LogP contribution < -0.4 is 16.0 Å². The number of nitrogens with zero attached hydrogens (tertiary/aromatic N) is 4. The molecular formula is C24H27N7O. The maximum atomic E-state index is 12.0. The van der Waals surface area contributed by atoms with Gasteiger partial charge >= 0.3 is 6.03 Å². The number of hydrogen-bond donors (Lipinski definition) is 3. The highest BCUT2D eigenvalue weighted by molar-refractivity contribution is 5.92. The molecule has 0 saturated carbocycles. The van der Waals surface area contributed by atoms with Crippen LogP contribution in [-0.2, 0) is 0 Å². The molecular weight excluding hydrogens is 402 g/mol. The SMILES string of the molecule is CCCCNC(=O)Nc1ccc2c(c1)ncn2-c1ccnc(N[C@@H](C)c2ccccc2)n1. The van der Waals surface area contributed by atoms with Crippen molar-refractivity contribution in [2.45, 2.75) is 32.7 Å². The Balaban J connectivity index is 1.50. The number of carbonyl (C=O) groups is 1. The lowest BCUT2D eigenvalue weighted by Gasteiger charge is -2.14. The van der Waals surface area contributed by atoms with Crippen molar-refractivity contribution in [3.63, 3.8) is 0 Å². The summed E-state index contributed by atoms with van der Waals surface area (Å²) in [5, 5.41) is 9.05. The Hall–Kier alpha value is -3.94. The lowest BCUT2D eigenvalue weighted by Crippen LogP contribution is -2.29. The van der Waals surface area contributed by atoms with Crippen LogP contribution in [0.1, 0.15) is 38.3 Å². The minimum Gasteiger partial charge on any atom is -0.348 e. The summed E-state index contributed by atoms with van der Waals surface area (Å²) in [7, 11) is 0. The maximum absolute atomic E-state index is 12.0. The monoisotopic (exact) mass is 429 g/mol. The minimum atomic E-state index is -0.212. The van der Waals surface area contributed by atoms with Gasteiger partial charge in [0.1, 0.15) is 12.1 Å². The maximum Gasteiger partial charge on any atom is 0.319 e. The zero-order valence-corrected chi connectivity index (χ0v) is 18.2. The number of imidazole rings is 1. The lowest BCUT2D eigenvalue weighted by atomic mass is 10.1. The Morgan fingerprint density at radius 1 is 1.09 bits per heavy atom. The molecule has 3 N–H and O–H groups in total. The molecule has 0 spiro atoms. The topological polar surface area (TPSA) is 96.8 Å². The van der Waals surface area contributed by atoms with E-state index in [1.165, 1.54) is 0 Å². The zero-order chi connectivity index (χ0) is 22.3. The van der Waals surface area contributed by atoms with Crippen molar-refractivity contribution in [1.29, 1.82) is 0 Å². The third kappa shape index (κ3) is 5.03. The molecule has 0 fully saturated rings. The summed E-state index contributed by atoms with van der Waals surface area (Å²) in [5.41, 5.74) is 3.51. The van der Waals surface area contributed by atoms with Crippen molar-refractivity contribution in [1.82, 2.24) is 24.8 Å². The highest BCUT2D eigenvalue weighted by Crippen LogP contribution is 2.22. The van der Waals surface area contributed by atoms with E-state index in [0.717, 1.165) is 29.4 Å². The number of urea groups is 1. The summed E-state index contributed by atoms with van der Waals surface area (Å²) in [6.45, 7) is 4.82. The van der Waals surface area contributed by atoms with Crippen molar-refractivity contribution in [2.75, 3.05) is 17.2 Å². The number of unbranched alkanes of at least 4 members (excludes halogenated alkanes) is 1. The van der Waals surface area contributed by atoms with Gasteiger partial charge in [0.05, 0.1) is 17.1 Å². The molecule has 0 aliphatic rings. The second kappa shape index (κ2) is 9.91. The van der Waals surface area contributed by atoms with E-state index in [4.69, 9.17) is 0 Å². The fourth-order valence-corrected chi connectivity index (χ4v) is 3.40. The van der Waals surface area contributed by atoms with Crippen LogP contribution in [0, 0.1) is 0 Å². The number of benzene rings is 2. The minimum absolute atomic E-state index is 0.0723. The molecule has 4 rings (SSSR count). The smallest absolute Gasteiger partial charge is 0.319 e. The molecule has 8 nitrogen and oxygen atoms in total. The van der Waals surface area contributed by atoms with Crippen molar-refractivity contribution in [3.8, 4) is 5.82 Å². The second-order valence-corrected chi connectivity index (χ2v) is 7.57. The Kier molecular flexibility index (Phi) is 6.60. The molecule has 164 valence electrons. The number of rotatable bonds is 8. The summed E-state index contributed by atoms with van der Waals surface area (Å²) in [5.74, 6) is 1.26. The van der Waals surface area contributed by atoms with E-state index >= 15 is 0 Å². The molecule has 32 heavy (non-hydrogen) atoms. The zero-order valence-electron chi connectivity index (χ0n) is 18.2. The Morgan fingerprint density at radius 2 is 1.94 bits per heavy atom. The molecule has 4 aromatic rings. The van der Waals surface area contributed by atoms with Crippen LogP contribution in [0.4, 0.5) is 16.4 Å². The number of fused-ring (bicyclic) bond motifs is 1. The predicted octanol–water partition coefficient (Wildman–Crippen LogP) is 4.91. The standard InChI is InChI=1S/C24H27N7O/c1-3-4-13-26-24(32)29-19-10-11-21-20(15-19)27-16-31(21)22-12-14-25-23(30-22)28-17(2)18-8-6-5-7-9-18/h5-12,14-17H,3-4,13H2,1-2H3,(H,25,28,30)(H2,26,29,32)/t17-/m0/s1. The molecule has 0 bridgehead atoms. The van der Waals surface area contributed by atoms with Gasteiger partial charge in [-0.2, -0.15) is 4.98 Å². The van der Waals surface area contributed by atoms with E-state index in [2.05, 4.69) is 56.9 Å². The van der Waals surface area contributed by atoms with Crippen molar-refractivity contribution >= 4 is 28.7 Å². The summed E-state index contributed by atoms with van der Waals surface area (Å²) >= 11 is 0. The van der Waals surface area contributed by atoms with Gasteiger partial charge in [-0.15, -0.1) is 0 Å². The van der Waals surface area contributed by atoms with Crippen LogP contribution in [0.3, 0.4) is 0 Å². The van der Waals surface area contributed by atoms with E-state index in [1.54, 1.807) is 12.5 Å². The largest absolute Gasteiger partial charge is 0.348 e. The molecule has 2 heterocycles. The summed E-state index contributed by atoms with van der Waals surface area (Å²) in [6.07, 6.45) is 5.44. The average molecular weight is 430 g/mol. The van der Waals surface area contributed by atoms with Crippen LogP contribution in [0.2, 0.25) is 0 Å². The Labute approximate surface area is 187 Å². The molecule has 2 aromatic heterocycles. The fraction of sp³-hybridized carbons (Fsp3) is 0.250. The first-order valence-electron chi connectivity index (χ1n) is 10.8. The molecule has 8 heteroatoms. The van der Waals surface area contributed by atoms with Crippen LogP contribution in [0.5, 0.6) is 0 Å². The predicted molar refractivity (Wildman–Crippen MR) is 127 cm³/mol. The summed E-state index contributed by atoms with van der Waals surface area (Å²) < 4.78 is 1.90. The van der Waals surface area contributed by atoms with E-state index < -0.39 is 0 Å². The van der Waals surface area contributed by atoms with Gasteiger partial charge in [0.25, 0.3) is 0 Å². The van der Waals surface area contributed by atoms with E-state index in [0.29, 0.717) is 24.0 Å². The van der Waals surface area contributed by atoms with Gasteiger partial charge in [-0.1, -0.05) is 43.7 Å². The quantitative estimate of drug-likeness (QED) is 0.346. The van der Waals surface area contributed by atoms with Gasteiger partial charge in [0.15, 0.2) is 0 Å². The number of hydrogen-bond acceptors (Lipinski definition) is 5. The summed E-state index contributed by atoms with van der Waals surface area (Å²) in [6, 6.07) is 17.5. The van der Waals surface area contributed by atoms with Crippen LogP contribution >= 0.6 is 0 Å². The third-order valence-electron chi connectivity index (χ3n) is 5.15. The third-order valence-corrected chi connectivity index (χ3v) is 5.15. The highest BCUT2D eigenvalue weighted by Gasteiger charge is 2.11. The highest BCUT2D eigenvalue weighted by atomic mass is 16.2. The van der Waals surface area contributed by atoms with Crippen molar-refractivity contribution < 1.29 is 4.79 Å². The van der Waals surface area contributed by atoms with E-state index in [9.17, 15) is 4.79 Å². The first-order chi connectivity index (χ1) is 15.6. The number of anilines is 2. The van der Waals surface area contributed by atoms with Crippen LogP contribution in [-0.4, -0.2) is 32.1 Å². The molecule has 0 aliphatic carbocycles. The summed E-state index contributed by atoms with van der Waals surface area (Å²) in [4.78, 5) is 25.5. The fourth-order valence-electron chi connectivity index (χ4n) is 3.40. The first-order valence-corrected chi connectivity index (χ1v) is 10.8. The Bertz CT molecular complexity index is 1190. The normalized spacial score (nSPS) is 11.8. The number of aromatic nitrogens is 4. The van der Waals surface area contributed by atoms with Gasteiger partial charge in [0.2, 0.25) is 5.95 Å². The number of amides is 2. The van der Waals surface area contributed by atoms with Crippen LogP contribution in [0.15, 0.2) is 67.1 Å². The molecule has 1 atom stereocenters. The molecule has 0 radical (unpaired) electrons. The molecule has 2 amide bonds. The number of carbonyl (C=O) groups excluding carboxylic acids is 1. The molecule has 0 aliphatic heterocycles. The van der Waals surface area contributed by atoms with Gasteiger partial charge in [-0.05, 0) is 43.2 Å². The molecule has 2 aromatic carbocycles. The average Bonchev–Trinajstić information content (AvgIpc) is 3.23. The first kappa shape index (κ1) is 21.3. The molecule has 0 saturated heterocycles. The number of nitrogens with one attached hydrogen (secondary N) is 3. The van der Waals surface area contributed by atoms with Gasteiger partial charge in [-0.25, -0.2) is 14.8 Å². The molecule has 0 unspecified atom stereocenters. The van der Waals surface area contributed by atoms with Crippen LogP contribution in [0.25, 0.3) is 16.9 Å².